The van der Waals surface area contributed by atoms with Crippen molar-refractivity contribution >= 4 is 22.0 Å². The molecule has 0 bridgehead atoms. The van der Waals surface area contributed by atoms with E-state index < -0.39 is 6.09 Å². The highest BCUT2D eigenvalue weighted by Gasteiger charge is 2.05. The number of nitrogens with two attached hydrogens (primary N) is 1. The summed E-state index contributed by atoms with van der Waals surface area (Å²) in [5.41, 5.74) is 5.35. The topological polar surface area (TPSA) is 85.3 Å². The van der Waals surface area contributed by atoms with Crippen LogP contribution in [0.3, 0.4) is 0 Å². The van der Waals surface area contributed by atoms with Gasteiger partial charge < -0.3 is 15.2 Å². The number of amides is 1. The Labute approximate surface area is 117 Å². The Balaban J connectivity index is 2.58. The molecular formula is C12H10BrFN2O3. The van der Waals surface area contributed by atoms with Crippen LogP contribution in [-0.4, -0.2) is 19.3 Å². The molecule has 1 aromatic carbocycles. The minimum atomic E-state index is -0.986. The van der Waals surface area contributed by atoms with Crippen molar-refractivity contribution in [3.05, 3.63) is 40.1 Å². The number of benzene rings is 1. The van der Waals surface area contributed by atoms with Crippen LogP contribution in [0.15, 0.2) is 34.6 Å². The number of hydrogen-bond donors (Lipinski definition) is 1. The van der Waals surface area contributed by atoms with E-state index in [-0.39, 0.29) is 18.8 Å². The predicted octanol–water partition coefficient (Wildman–Crippen LogP) is 2.65. The fourth-order valence-electron chi connectivity index (χ4n) is 1.12. The average molecular weight is 329 g/mol. The Morgan fingerprint density at radius 3 is 2.79 bits per heavy atom. The fourth-order valence-corrected chi connectivity index (χ4v) is 1.57. The van der Waals surface area contributed by atoms with Gasteiger partial charge in [-0.1, -0.05) is 0 Å². The van der Waals surface area contributed by atoms with Gasteiger partial charge in [-0.2, -0.15) is 5.26 Å². The molecule has 5 nitrogen and oxygen atoms in total. The van der Waals surface area contributed by atoms with Gasteiger partial charge in [-0.15, -0.1) is 0 Å². The summed E-state index contributed by atoms with van der Waals surface area (Å²) < 4.78 is 22.8. The first-order chi connectivity index (χ1) is 9.06. The van der Waals surface area contributed by atoms with Gasteiger partial charge in [-0.25, -0.2) is 9.18 Å². The third kappa shape index (κ3) is 4.97. The van der Waals surface area contributed by atoms with Crippen LogP contribution in [0.5, 0.6) is 5.75 Å². The zero-order valence-electron chi connectivity index (χ0n) is 9.73. The second kappa shape index (κ2) is 7.38. The molecule has 0 radical (unpaired) electrons. The monoisotopic (exact) mass is 328 g/mol. The van der Waals surface area contributed by atoms with Gasteiger partial charge in [-0.3, -0.25) is 0 Å². The van der Waals surface area contributed by atoms with Gasteiger partial charge >= 0.3 is 6.09 Å². The average Bonchev–Trinajstić information content (AvgIpc) is 2.39. The van der Waals surface area contributed by atoms with Gasteiger partial charge in [0.2, 0.25) is 0 Å². The van der Waals surface area contributed by atoms with Gasteiger partial charge in [0.25, 0.3) is 0 Å². The lowest BCUT2D eigenvalue weighted by atomic mass is 10.2. The third-order valence-electron chi connectivity index (χ3n) is 2.04. The first-order valence-corrected chi connectivity index (χ1v) is 5.89. The van der Waals surface area contributed by atoms with E-state index in [1.54, 1.807) is 18.2 Å². The van der Waals surface area contributed by atoms with Gasteiger partial charge in [0, 0.05) is 10.0 Å². The molecule has 0 aromatic heterocycles. The molecule has 0 spiro atoms. The van der Waals surface area contributed by atoms with Crippen LogP contribution in [-0.2, 0) is 4.74 Å². The summed E-state index contributed by atoms with van der Waals surface area (Å²) >= 11 is 3.20. The molecule has 0 aliphatic carbocycles. The lowest BCUT2D eigenvalue weighted by molar-refractivity contribution is 0.162. The number of primary amides is 1. The Bertz CT molecular complexity index is 540. The summed E-state index contributed by atoms with van der Waals surface area (Å²) in [7, 11) is 0. The highest BCUT2D eigenvalue weighted by molar-refractivity contribution is 9.10. The highest BCUT2D eigenvalue weighted by atomic mass is 79.9. The van der Waals surface area contributed by atoms with Crippen molar-refractivity contribution in [2.75, 3.05) is 13.2 Å². The molecular weight excluding hydrogens is 319 g/mol. The summed E-state index contributed by atoms with van der Waals surface area (Å²) in [6.07, 6.45) is -0.692. The van der Waals surface area contributed by atoms with E-state index in [9.17, 15) is 9.18 Å². The van der Waals surface area contributed by atoms with E-state index in [0.29, 0.717) is 22.1 Å². The van der Waals surface area contributed by atoms with Crippen LogP contribution in [0.4, 0.5) is 9.18 Å². The van der Waals surface area contributed by atoms with Crippen molar-refractivity contribution in [3.63, 3.8) is 0 Å². The Kier molecular flexibility index (Phi) is 5.82. The fraction of sp³-hybridized carbons (Fsp3) is 0.167. The number of rotatable bonds is 5. The molecule has 0 fully saturated rings. The Hall–Kier alpha value is -2.07. The van der Waals surface area contributed by atoms with Crippen LogP contribution in [0, 0.1) is 11.3 Å². The molecule has 0 aliphatic heterocycles. The smallest absolute Gasteiger partial charge is 0.404 e. The van der Waals surface area contributed by atoms with Crippen molar-refractivity contribution in [2.45, 2.75) is 0 Å². The Morgan fingerprint density at radius 1 is 1.53 bits per heavy atom. The van der Waals surface area contributed by atoms with Gasteiger partial charge in [0.05, 0.1) is 11.9 Å². The van der Waals surface area contributed by atoms with Crippen molar-refractivity contribution in [1.29, 1.82) is 5.26 Å². The summed E-state index contributed by atoms with van der Waals surface area (Å²) in [5.74, 6) is 0.448. The molecule has 0 heterocycles. The van der Waals surface area contributed by atoms with Gasteiger partial charge in [0.1, 0.15) is 25.0 Å². The molecule has 0 atom stereocenters. The first-order valence-electron chi connectivity index (χ1n) is 5.09. The summed E-state index contributed by atoms with van der Waals surface area (Å²) in [4.78, 5) is 10.4. The number of nitrogens with zero attached hydrogens (tertiary/aromatic N) is 1. The SMILES string of the molecule is N#Cc1ccc(OC/C(=C\F)COC(N)=O)cc1Br. The number of carbonyl (C=O) groups is 1. The molecule has 0 saturated heterocycles. The van der Waals surface area contributed by atoms with Gasteiger partial charge in [0.15, 0.2) is 0 Å². The van der Waals surface area contributed by atoms with Gasteiger partial charge in [-0.05, 0) is 34.1 Å². The molecule has 7 heteroatoms. The number of carbonyl (C=O) groups excluding carboxylic acids is 1. The third-order valence-corrected chi connectivity index (χ3v) is 2.70. The van der Waals surface area contributed by atoms with Crippen LogP contribution in [0.25, 0.3) is 0 Å². The molecule has 100 valence electrons. The molecule has 1 amide bonds. The van der Waals surface area contributed by atoms with Crippen LogP contribution in [0.2, 0.25) is 0 Å². The van der Waals surface area contributed by atoms with Crippen LogP contribution in [0.1, 0.15) is 5.56 Å². The van der Waals surface area contributed by atoms with Crippen LogP contribution < -0.4 is 10.5 Å². The van der Waals surface area contributed by atoms with Crippen molar-refractivity contribution in [2.24, 2.45) is 5.73 Å². The molecule has 1 rings (SSSR count). The highest BCUT2D eigenvalue weighted by Crippen LogP contribution is 2.22. The molecule has 19 heavy (non-hydrogen) atoms. The quantitative estimate of drug-likeness (QED) is 0.900. The second-order valence-corrected chi connectivity index (χ2v) is 4.27. The molecule has 0 aliphatic rings. The van der Waals surface area contributed by atoms with E-state index in [1.165, 1.54) is 0 Å². The predicted molar refractivity (Wildman–Crippen MR) is 69.1 cm³/mol. The summed E-state index contributed by atoms with van der Waals surface area (Å²) in [6.45, 7) is -0.370. The zero-order chi connectivity index (χ0) is 14.3. The molecule has 1 aromatic rings. The van der Waals surface area contributed by atoms with Crippen molar-refractivity contribution in [3.8, 4) is 11.8 Å². The number of nitriles is 1. The normalized spacial score (nSPS) is 10.7. The minimum Gasteiger partial charge on any atom is -0.489 e. The lowest BCUT2D eigenvalue weighted by Crippen LogP contribution is -2.16. The summed E-state index contributed by atoms with van der Waals surface area (Å²) in [5, 5.41) is 8.75. The van der Waals surface area contributed by atoms with E-state index >= 15 is 0 Å². The van der Waals surface area contributed by atoms with Crippen LogP contribution >= 0.6 is 15.9 Å². The number of ether oxygens (including phenoxy) is 2. The molecule has 0 unspecified atom stereocenters. The summed E-state index contributed by atoms with van der Waals surface area (Å²) in [6, 6.07) is 6.72. The maximum absolute atomic E-state index is 12.5. The zero-order valence-corrected chi connectivity index (χ0v) is 11.3. The maximum atomic E-state index is 12.5. The first kappa shape index (κ1) is 15.0. The minimum absolute atomic E-state index is 0.0951. The Morgan fingerprint density at radius 2 is 2.26 bits per heavy atom. The molecule has 0 saturated carbocycles. The van der Waals surface area contributed by atoms with E-state index in [2.05, 4.69) is 20.7 Å². The van der Waals surface area contributed by atoms with Crippen molar-refractivity contribution < 1.29 is 18.7 Å². The van der Waals surface area contributed by atoms with Crippen molar-refractivity contribution in [1.82, 2.24) is 0 Å². The standard InChI is InChI=1S/C12H10BrFN2O3/c13-11-3-10(2-1-9(11)5-15)18-6-8(4-14)7-19-12(16)17/h1-4H,6-7H2,(H2,16,17)/b8-4+. The maximum Gasteiger partial charge on any atom is 0.404 e. The number of hydrogen-bond acceptors (Lipinski definition) is 4. The number of halogens is 2. The second-order valence-electron chi connectivity index (χ2n) is 3.42. The molecule has 2 N–H and O–H groups in total. The van der Waals surface area contributed by atoms with E-state index in [1.807, 2.05) is 6.07 Å². The van der Waals surface area contributed by atoms with E-state index in [0.717, 1.165) is 0 Å². The largest absolute Gasteiger partial charge is 0.489 e. The van der Waals surface area contributed by atoms with E-state index in [4.69, 9.17) is 15.7 Å². The lowest BCUT2D eigenvalue weighted by Gasteiger charge is -2.09.